The van der Waals surface area contributed by atoms with Gasteiger partial charge in [0.25, 0.3) is 0 Å². The van der Waals surface area contributed by atoms with Crippen molar-refractivity contribution in [1.29, 1.82) is 0 Å². The molecule has 110 valence electrons. The third kappa shape index (κ3) is 10.1. The molecule has 0 aliphatic heterocycles. The Hall–Kier alpha value is 0.150. The van der Waals surface area contributed by atoms with E-state index >= 15 is 0 Å². The van der Waals surface area contributed by atoms with Gasteiger partial charge >= 0.3 is 8.17 Å². The second-order valence-electron chi connectivity index (χ2n) is 4.38. The highest BCUT2D eigenvalue weighted by atomic mass is 31.2. The smallest absolute Gasteiger partial charge is 0.317 e. The van der Waals surface area contributed by atoms with Gasteiger partial charge in [-0.1, -0.05) is 0 Å². The summed E-state index contributed by atoms with van der Waals surface area (Å²) < 4.78 is 16.0. The SMILES string of the molecule is CNCCO[P+](O)(OCCN(C)C)OCN(C)C. The fourth-order valence-corrected chi connectivity index (χ4v) is 2.14. The third-order valence-electron chi connectivity index (χ3n) is 1.88. The lowest BCUT2D eigenvalue weighted by atomic mass is 10.6. The van der Waals surface area contributed by atoms with Crippen molar-refractivity contribution in [2.24, 2.45) is 0 Å². The summed E-state index contributed by atoms with van der Waals surface area (Å²) in [6, 6.07) is 0. The van der Waals surface area contributed by atoms with Gasteiger partial charge in [0.15, 0.2) is 6.73 Å². The minimum Gasteiger partial charge on any atom is -0.317 e. The molecule has 0 aromatic rings. The van der Waals surface area contributed by atoms with Crippen molar-refractivity contribution in [3.05, 3.63) is 0 Å². The number of rotatable bonds is 11. The van der Waals surface area contributed by atoms with Crippen LogP contribution in [0.3, 0.4) is 0 Å². The predicted octanol–water partition coefficient (Wildman–Crippen LogP) is 0.00620. The average molecular weight is 284 g/mol. The zero-order valence-corrected chi connectivity index (χ0v) is 12.9. The van der Waals surface area contributed by atoms with Crippen LogP contribution in [-0.2, 0) is 13.6 Å². The maximum absolute atomic E-state index is 10.2. The fraction of sp³-hybridized carbons (Fsp3) is 1.00. The molecule has 0 saturated carbocycles. The van der Waals surface area contributed by atoms with E-state index in [1.807, 2.05) is 40.1 Å². The molecule has 1 atom stereocenters. The van der Waals surface area contributed by atoms with Gasteiger partial charge in [-0.15, -0.1) is 4.52 Å². The fourth-order valence-electron chi connectivity index (χ4n) is 0.902. The van der Waals surface area contributed by atoms with Gasteiger partial charge < -0.3 is 10.2 Å². The monoisotopic (exact) mass is 284 g/mol. The molecule has 2 N–H and O–H groups in total. The Kier molecular flexibility index (Phi) is 10.1. The van der Waals surface area contributed by atoms with E-state index in [2.05, 4.69) is 5.32 Å². The largest absolute Gasteiger partial charge is 0.574 e. The van der Waals surface area contributed by atoms with Gasteiger partial charge in [-0.3, -0.25) is 4.90 Å². The van der Waals surface area contributed by atoms with Gasteiger partial charge in [0.2, 0.25) is 0 Å². The van der Waals surface area contributed by atoms with Crippen LogP contribution in [0.2, 0.25) is 0 Å². The van der Waals surface area contributed by atoms with Crippen molar-refractivity contribution in [1.82, 2.24) is 15.1 Å². The normalized spacial score (nSPS) is 15.3. The van der Waals surface area contributed by atoms with Crippen LogP contribution < -0.4 is 5.32 Å². The molecule has 1 unspecified atom stereocenters. The Balaban J connectivity index is 4.11. The molecule has 0 spiro atoms. The number of hydrogen-bond donors (Lipinski definition) is 2. The Morgan fingerprint density at radius 3 is 2.11 bits per heavy atom. The summed E-state index contributed by atoms with van der Waals surface area (Å²) in [6.45, 7) is 2.29. The Bertz CT molecular complexity index is 210. The summed E-state index contributed by atoms with van der Waals surface area (Å²) in [5.74, 6) is 0. The molecule has 0 amide bonds. The van der Waals surface area contributed by atoms with E-state index in [0.29, 0.717) is 26.3 Å². The van der Waals surface area contributed by atoms with Gasteiger partial charge in [0, 0.05) is 13.1 Å². The van der Waals surface area contributed by atoms with Crippen molar-refractivity contribution in [2.45, 2.75) is 0 Å². The molecule has 0 radical (unpaired) electrons. The summed E-state index contributed by atoms with van der Waals surface area (Å²) in [5.41, 5.74) is 0. The molecule has 0 bridgehead atoms. The van der Waals surface area contributed by atoms with Gasteiger partial charge in [-0.05, 0) is 35.2 Å². The van der Waals surface area contributed by atoms with Gasteiger partial charge in [-0.2, -0.15) is 13.9 Å². The Morgan fingerprint density at radius 2 is 1.61 bits per heavy atom. The lowest BCUT2D eigenvalue weighted by Crippen LogP contribution is -2.23. The molecule has 0 fully saturated rings. The predicted molar refractivity (Wildman–Crippen MR) is 73.2 cm³/mol. The zero-order valence-electron chi connectivity index (χ0n) is 12.0. The molecular weight excluding hydrogens is 257 g/mol. The van der Waals surface area contributed by atoms with E-state index in [1.54, 1.807) is 4.90 Å². The molecular formula is C10H27N3O4P+. The highest BCUT2D eigenvalue weighted by Crippen LogP contribution is 2.57. The van der Waals surface area contributed by atoms with Crippen LogP contribution in [0.25, 0.3) is 0 Å². The second-order valence-corrected chi connectivity index (χ2v) is 6.09. The van der Waals surface area contributed by atoms with Gasteiger partial charge in [-0.25, -0.2) is 0 Å². The van der Waals surface area contributed by atoms with E-state index in [-0.39, 0.29) is 6.73 Å². The van der Waals surface area contributed by atoms with Crippen molar-refractivity contribution in [3.63, 3.8) is 0 Å². The maximum atomic E-state index is 10.2. The van der Waals surface area contributed by atoms with Crippen LogP contribution in [0.4, 0.5) is 0 Å². The van der Waals surface area contributed by atoms with Crippen LogP contribution in [0, 0.1) is 0 Å². The number of hydrogen-bond acceptors (Lipinski definition) is 7. The van der Waals surface area contributed by atoms with E-state index in [4.69, 9.17) is 13.6 Å². The maximum Gasteiger partial charge on any atom is 0.574 e. The van der Waals surface area contributed by atoms with Crippen LogP contribution in [-0.4, -0.2) is 83.0 Å². The zero-order chi connectivity index (χ0) is 14.0. The van der Waals surface area contributed by atoms with Crippen molar-refractivity contribution in [3.8, 4) is 0 Å². The number of nitrogens with one attached hydrogen (secondary N) is 1. The van der Waals surface area contributed by atoms with Gasteiger partial charge in [0.05, 0.1) is 0 Å². The molecule has 0 aromatic heterocycles. The lowest BCUT2D eigenvalue weighted by molar-refractivity contribution is 0.0489. The van der Waals surface area contributed by atoms with Crippen LogP contribution in [0.5, 0.6) is 0 Å². The molecule has 8 heteroatoms. The second kappa shape index (κ2) is 10.00. The standard InChI is InChI=1S/C10H27N3O4P/c1-11-6-8-15-18(14,17-10-13(4)5)16-9-7-12(2)3/h11,14H,6-10H2,1-5H3/q+1. The minimum atomic E-state index is -3.22. The van der Waals surface area contributed by atoms with Gasteiger partial charge in [0.1, 0.15) is 13.2 Å². The first-order valence-corrected chi connectivity index (χ1v) is 7.38. The molecule has 0 saturated heterocycles. The minimum absolute atomic E-state index is 0.256. The van der Waals surface area contributed by atoms with E-state index < -0.39 is 8.17 Å². The van der Waals surface area contributed by atoms with Crippen molar-refractivity contribution < 1.29 is 18.5 Å². The lowest BCUT2D eigenvalue weighted by Gasteiger charge is -2.18. The average Bonchev–Trinajstić information content (AvgIpc) is 2.26. The van der Waals surface area contributed by atoms with Crippen LogP contribution >= 0.6 is 8.17 Å². The summed E-state index contributed by atoms with van der Waals surface area (Å²) >= 11 is 0. The third-order valence-corrected chi connectivity index (χ3v) is 3.34. The van der Waals surface area contributed by atoms with Crippen LogP contribution in [0.1, 0.15) is 0 Å². The summed E-state index contributed by atoms with van der Waals surface area (Å²) in [6.07, 6.45) is 0. The van der Waals surface area contributed by atoms with E-state index in [0.717, 1.165) is 0 Å². The van der Waals surface area contributed by atoms with E-state index in [9.17, 15) is 4.89 Å². The van der Waals surface area contributed by atoms with Crippen LogP contribution in [0.15, 0.2) is 0 Å². The summed E-state index contributed by atoms with van der Waals surface area (Å²) in [5, 5.41) is 2.93. The summed E-state index contributed by atoms with van der Waals surface area (Å²) in [7, 11) is 6.15. The molecule has 0 aromatic carbocycles. The first-order valence-electron chi connectivity index (χ1n) is 5.89. The topological polar surface area (TPSA) is 66.4 Å². The summed E-state index contributed by atoms with van der Waals surface area (Å²) in [4.78, 5) is 13.9. The molecule has 0 heterocycles. The molecule has 0 aliphatic carbocycles. The molecule has 0 aliphatic rings. The quantitative estimate of drug-likeness (QED) is 0.315. The Labute approximate surface area is 111 Å². The molecule has 7 nitrogen and oxygen atoms in total. The highest BCUT2D eigenvalue weighted by molar-refractivity contribution is 7.55. The number of likely N-dealkylation sites (N-methyl/N-ethyl adjacent to an activating group) is 2. The molecule has 18 heavy (non-hydrogen) atoms. The first kappa shape index (κ1) is 18.1. The Morgan fingerprint density at radius 1 is 1.00 bits per heavy atom. The first-order chi connectivity index (χ1) is 8.39. The molecule has 0 rings (SSSR count). The van der Waals surface area contributed by atoms with Crippen molar-refractivity contribution >= 4 is 8.17 Å². The highest BCUT2D eigenvalue weighted by Gasteiger charge is 2.44. The van der Waals surface area contributed by atoms with Crippen molar-refractivity contribution in [2.75, 3.05) is 68.3 Å². The van der Waals surface area contributed by atoms with E-state index in [1.165, 1.54) is 0 Å². The number of nitrogens with zero attached hydrogens (tertiary/aromatic N) is 2.